The van der Waals surface area contributed by atoms with E-state index in [9.17, 15) is 4.79 Å². The Morgan fingerprint density at radius 3 is 2.43 bits per heavy atom. The van der Waals surface area contributed by atoms with Gasteiger partial charge in [-0.25, -0.2) is 0 Å². The molecule has 2 aromatic rings. The van der Waals surface area contributed by atoms with Crippen LogP contribution < -0.4 is 0 Å². The van der Waals surface area contributed by atoms with Gasteiger partial charge in [0, 0.05) is 46.1 Å². The Kier molecular flexibility index (Phi) is 4.48. The number of nitrogens with zero attached hydrogens (tertiary/aromatic N) is 4. The Bertz CT molecular complexity index is 628. The minimum absolute atomic E-state index is 0.139. The van der Waals surface area contributed by atoms with Gasteiger partial charge in [0.2, 0.25) is 5.91 Å². The maximum absolute atomic E-state index is 12.8. The van der Waals surface area contributed by atoms with Gasteiger partial charge in [-0.2, -0.15) is 5.10 Å². The molecule has 0 spiro atoms. The highest BCUT2D eigenvalue weighted by Crippen LogP contribution is 2.32. The lowest BCUT2D eigenvalue weighted by Crippen LogP contribution is -2.54. The number of aromatic nitrogens is 2. The molecule has 5 heteroatoms. The van der Waals surface area contributed by atoms with Gasteiger partial charge in [0.1, 0.15) is 5.54 Å². The molecule has 0 atom stereocenters. The fraction of sp³-hybridized carbons (Fsp3) is 0.444. The maximum atomic E-state index is 12.8. The molecule has 0 saturated carbocycles. The fourth-order valence-electron chi connectivity index (χ4n) is 3.40. The van der Waals surface area contributed by atoms with Crippen LogP contribution in [-0.2, 0) is 16.9 Å². The second kappa shape index (κ2) is 6.54. The van der Waals surface area contributed by atoms with Crippen LogP contribution in [0.1, 0.15) is 18.4 Å². The van der Waals surface area contributed by atoms with Crippen LogP contribution in [0.25, 0.3) is 0 Å². The van der Waals surface area contributed by atoms with Crippen LogP contribution in [0.5, 0.6) is 0 Å². The molecule has 1 fully saturated rings. The zero-order valence-electron chi connectivity index (χ0n) is 13.9. The molecular formula is C18H24N4O. The number of carbonyl (C=O) groups excluding carboxylic acids is 1. The van der Waals surface area contributed by atoms with E-state index in [1.54, 1.807) is 11.1 Å². The largest absolute Gasteiger partial charge is 0.347 e. The Morgan fingerprint density at radius 2 is 1.87 bits per heavy atom. The zero-order valence-corrected chi connectivity index (χ0v) is 13.9. The topological polar surface area (TPSA) is 41.4 Å². The van der Waals surface area contributed by atoms with E-state index in [1.807, 2.05) is 37.1 Å². The predicted octanol–water partition coefficient (Wildman–Crippen LogP) is 1.96. The van der Waals surface area contributed by atoms with Gasteiger partial charge in [-0.05, 0) is 24.5 Å². The molecular weight excluding hydrogens is 288 g/mol. The minimum atomic E-state index is -0.541. The zero-order chi connectivity index (χ0) is 16.3. The number of benzene rings is 1. The van der Waals surface area contributed by atoms with E-state index < -0.39 is 5.54 Å². The van der Waals surface area contributed by atoms with Crippen LogP contribution in [0, 0.1) is 0 Å². The molecule has 23 heavy (non-hydrogen) atoms. The van der Waals surface area contributed by atoms with Gasteiger partial charge in [0.15, 0.2) is 0 Å². The monoisotopic (exact) mass is 312 g/mol. The number of hydrogen-bond acceptors (Lipinski definition) is 3. The molecule has 0 radical (unpaired) electrons. The van der Waals surface area contributed by atoms with Crippen molar-refractivity contribution in [3.8, 4) is 0 Å². The molecule has 3 rings (SSSR count). The maximum Gasteiger partial charge on any atom is 0.250 e. The van der Waals surface area contributed by atoms with Crippen molar-refractivity contribution < 1.29 is 4.79 Å². The van der Waals surface area contributed by atoms with E-state index in [4.69, 9.17) is 0 Å². The Labute approximate surface area is 137 Å². The smallest absolute Gasteiger partial charge is 0.250 e. The van der Waals surface area contributed by atoms with Crippen LogP contribution in [0.15, 0.2) is 48.8 Å². The van der Waals surface area contributed by atoms with Gasteiger partial charge in [-0.3, -0.25) is 14.4 Å². The first-order valence-corrected chi connectivity index (χ1v) is 8.10. The highest BCUT2D eigenvalue weighted by atomic mass is 16.2. The summed E-state index contributed by atoms with van der Waals surface area (Å²) in [5, 5.41) is 4.38. The van der Waals surface area contributed by atoms with E-state index in [0.29, 0.717) is 0 Å². The van der Waals surface area contributed by atoms with E-state index >= 15 is 0 Å². The standard InChI is InChI=1S/C18H24N4O/c1-20(2)17(23)18(22-12-6-11-19-22)9-13-21(14-10-18)15-16-7-4-3-5-8-16/h3-8,11-12H,9-10,13-15H2,1-2H3. The third-order valence-corrected chi connectivity index (χ3v) is 4.68. The van der Waals surface area contributed by atoms with Crippen molar-refractivity contribution in [2.75, 3.05) is 27.2 Å². The normalized spacial score (nSPS) is 17.8. The molecule has 1 amide bonds. The average Bonchev–Trinajstić information content (AvgIpc) is 3.11. The summed E-state index contributed by atoms with van der Waals surface area (Å²) < 4.78 is 1.86. The second-order valence-corrected chi connectivity index (χ2v) is 6.44. The van der Waals surface area contributed by atoms with Crippen LogP contribution >= 0.6 is 0 Å². The van der Waals surface area contributed by atoms with Gasteiger partial charge in [-0.1, -0.05) is 30.3 Å². The van der Waals surface area contributed by atoms with Crippen LogP contribution in [-0.4, -0.2) is 52.7 Å². The van der Waals surface area contributed by atoms with Gasteiger partial charge in [-0.15, -0.1) is 0 Å². The summed E-state index contributed by atoms with van der Waals surface area (Å²) >= 11 is 0. The lowest BCUT2D eigenvalue weighted by molar-refractivity contribution is -0.141. The first-order valence-electron chi connectivity index (χ1n) is 8.10. The summed E-state index contributed by atoms with van der Waals surface area (Å²) in [6.07, 6.45) is 5.24. The molecule has 1 aromatic carbocycles. The van der Waals surface area contributed by atoms with Gasteiger partial charge in [0.05, 0.1) is 0 Å². The van der Waals surface area contributed by atoms with Crippen LogP contribution in [0.3, 0.4) is 0 Å². The highest BCUT2D eigenvalue weighted by molar-refractivity contribution is 5.84. The number of likely N-dealkylation sites (N-methyl/N-ethyl adjacent to an activating group) is 1. The summed E-state index contributed by atoms with van der Waals surface area (Å²) in [5.41, 5.74) is 0.776. The molecule has 1 aliphatic rings. The summed E-state index contributed by atoms with van der Waals surface area (Å²) in [7, 11) is 3.65. The van der Waals surface area contributed by atoms with E-state index in [2.05, 4.69) is 34.3 Å². The summed E-state index contributed by atoms with van der Waals surface area (Å²) in [6, 6.07) is 12.4. The summed E-state index contributed by atoms with van der Waals surface area (Å²) in [4.78, 5) is 16.9. The third kappa shape index (κ3) is 3.15. The van der Waals surface area contributed by atoms with Crippen molar-refractivity contribution >= 4 is 5.91 Å². The van der Waals surface area contributed by atoms with E-state index in [0.717, 1.165) is 32.5 Å². The minimum Gasteiger partial charge on any atom is -0.347 e. The first-order chi connectivity index (χ1) is 11.1. The molecule has 0 N–H and O–H groups in total. The third-order valence-electron chi connectivity index (χ3n) is 4.68. The number of piperidine rings is 1. The van der Waals surface area contributed by atoms with Crippen molar-refractivity contribution in [1.29, 1.82) is 0 Å². The van der Waals surface area contributed by atoms with E-state index in [1.165, 1.54) is 5.56 Å². The molecule has 5 nitrogen and oxygen atoms in total. The molecule has 1 aliphatic heterocycles. The number of likely N-dealkylation sites (tertiary alicyclic amines) is 1. The molecule has 122 valence electrons. The van der Waals surface area contributed by atoms with Crippen LogP contribution in [0.4, 0.5) is 0 Å². The molecule has 0 bridgehead atoms. The molecule has 2 heterocycles. The lowest BCUT2D eigenvalue weighted by Gasteiger charge is -2.42. The molecule has 1 saturated heterocycles. The number of amides is 1. The lowest BCUT2D eigenvalue weighted by atomic mass is 9.86. The van der Waals surface area contributed by atoms with Crippen molar-refractivity contribution in [3.05, 3.63) is 54.4 Å². The SMILES string of the molecule is CN(C)C(=O)C1(n2cccn2)CCN(Cc2ccccc2)CC1. The highest BCUT2D eigenvalue weighted by Gasteiger charge is 2.44. The molecule has 0 unspecified atom stereocenters. The van der Waals surface area contributed by atoms with Gasteiger partial charge < -0.3 is 4.90 Å². The van der Waals surface area contributed by atoms with Crippen molar-refractivity contribution in [2.45, 2.75) is 24.9 Å². The molecule has 0 aliphatic carbocycles. The number of carbonyl (C=O) groups is 1. The Hall–Kier alpha value is -2.14. The first kappa shape index (κ1) is 15.7. The van der Waals surface area contributed by atoms with Crippen molar-refractivity contribution in [3.63, 3.8) is 0 Å². The number of hydrogen-bond donors (Lipinski definition) is 0. The summed E-state index contributed by atoms with van der Waals surface area (Å²) in [5.74, 6) is 0.139. The fourth-order valence-corrected chi connectivity index (χ4v) is 3.40. The average molecular weight is 312 g/mol. The quantitative estimate of drug-likeness (QED) is 0.866. The van der Waals surface area contributed by atoms with Gasteiger partial charge >= 0.3 is 0 Å². The number of rotatable bonds is 4. The second-order valence-electron chi connectivity index (χ2n) is 6.44. The van der Waals surface area contributed by atoms with E-state index in [-0.39, 0.29) is 5.91 Å². The van der Waals surface area contributed by atoms with Crippen LogP contribution in [0.2, 0.25) is 0 Å². The van der Waals surface area contributed by atoms with Gasteiger partial charge in [0.25, 0.3) is 0 Å². The summed E-state index contributed by atoms with van der Waals surface area (Å²) in [6.45, 7) is 2.73. The predicted molar refractivity (Wildman–Crippen MR) is 89.8 cm³/mol. The molecule has 1 aromatic heterocycles. The Morgan fingerprint density at radius 1 is 1.17 bits per heavy atom. The van der Waals surface area contributed by atoms with Crippen molar-refractivity contribution in [2.24, 2.45) is 0 Å². The van der Waals surface area contributed by atoms with Crippen molar-refractivity contribution in [1.82, 2.24) is 19.6 Å². The Balaban J connectivity index is 1.74.